The maximum absolute atomic E-state index is 8.92. The maximum Gasteiger partial charge on any atom is 0.196 e. The Morgan fingerprint density at radius 2 is 1.86 bits per heavy atom. The number of thioether (sulfide) groups is 1. The van der Waals surface area contributed by atoms with Crippen LogP contribution in [0, 0.1) is 0 Å². The number of aliphatic hydroxyl groups is 1. The number of aryl methyl sites for hydroxylation is 1. The highest BCUT2D eigenvalue weighted by atomic mass is 35.5. The fourth-order valence-corrected chi connectivity index (χ4v) is 3.88. The summed E-state index contributed by atoms with van der Waals surface area (Å²) in [7, 11) is 1.93. The molecule has 1 unspecified atom stereocenters. The van der Waals surface area contributed by atoms with Gasteiger partial charge in [-0.05, 0) is 63.8 Å². The van der Waals surface area contributed by atoms with E-state index in [4.69, 9.17) is 21.5 Å². The molecule has 1 aromatic heterocycles. The molecule has 0 aliphatic carbocycles. The predicted molar refractivity (Wildman–Crippen MR) is 163 cm³/mol. The molecule has 0 aliphatic heterocycles. The quantitative estimate of drug-likeness (QED) is 0.169. The molecule has 0 fully saturated rings. The summed E-state index contributed by atoms with van der Waals surface area (Å²) in [6.07, 6.45) is 16.6. The monoisotopic (exact) mass is 548 g/mol. The van der Waals surface area contributed by atoms with Crippen molar-refractivity contribution in [2.45, 2.75) is 70.7 Å². The van der Waals surface area contributed by atoms with E-state index < -0.39 is 0 Å². The minimum absolute atomic E-state index is 0.317. The average Bonchev–Trinajstić information content (AvgIpc) is 3.32. The Kier molecular flexibility index (Phi) is 26.1. The highest BCUT2D eigenvalue weighted by molar-refractivity contribution is 7.99. The number of nitrogens with zero attached hydrogens (tertiary/aromatic N) is 3. The van der Waals surface area contributed by atoms with E-state index in [0.29, 0.717) is 11.5 Å². The third-order valence-corrected chi connectivity index (χ3v) is 5.68. The summed E-state index contributed by atoms with van der Waals surface area (Å²) in [4.78, 5) is 8.92. The molecule has 0 bridgehead atoms. The standard InChI is InChI=1S/C19H26N4S.C5H10.C3H5Cl.C2H4O2/c1-5-9-17(10-6-2)24-19-22-21-18(11-7-3)23(19)16-13-8-12-15(14-16)20-4;1-3-5-4-2;1-2-3-4;3-1-2-4/h5-6,8,10,12-14,17,20H,1,7,9,11H2,2-4H3;3,5H,4H2,1-2H3;2-3H,1H3;1,4H,2H2/b10-6+;5-3-;3-2+;. The van der Waals surface area contributed by atoms with Crippen LogP contribution >= 0.6 is 23.4 Å². The fraction of sp³-hybridized carbons (Fsp3) is 0.414. The van der Waals surface area contributed by atoms with Crippen molar-refractivity contribution in [3.05, 3.63) is 78.7 Å². The molecule has 0 amide bonds. The molecule has 6 nitrogen and oxygen atoms in total. The first-order chi connectivity index (χ1) is 18.0. The van der Waals surface area contributed by atoms with Gasteiger partial charge in [0.05, 0.1) is 12.3 Å². The van der Waals surface area contributed by atoms with Gasteiger partial charge < -0.3 is 15.2 Å². The van der Waals surface area contributed by atoms with E-state index in [1.165, 1.54) is 5.54 Å². The van der Waals surface area contributed by atoms with Gasteiger partial charge >= 0.3 is 0 Å². The lowest BCUT2D eigenvalue weighted by Crippen LogP contribution is -2.06. The van der Waals surface area contributed by atoms with E-state index in [2.05, 4.69) is 89.1 Å². The third kappa shape index (κ3) is 17.5. The van der Waals surface area contributed by atoms with Gasteiger partial charge in [0, 0.05) is 24.4 Å². The van der Waals surface area contributed by atoms with Gasteiger partial charge in [-0.25, -0.2) is 0 Å². The number of hydrogen-bond donors (Lipinski definition) is 2. The van der Waals surface area contributed by atoms with Crippen LogP contribution in [0.25, 0.3) is 5.69 Å². The Bertz CT molecular complexity index is 922. The number of hydrogen-bond acceptors (Lipinski definition) is 6. The minimum Gasteiger partial charge on any atom is -0.389 e. The number of carbonyl (C=O) groups excluding carboxylic acids is 1. The number of nitrogens with one attached hydrogen (secondary N) is 1. The van der Waals surface area contributed by atoms with Crippen LogP contribution in [0.5, 0.6) is 0 Å². The molecule has 37 heavy (non-hydrogen) atoms. The molecule has 2 N–H and O–H groups in total. The number of aldehydes is 1. The van der Waals surface area contributed by atoms with Crippen LogP contribution in [0.2, 0.25) is 0 Å². The van der Waals surface area contributed by atoms with Crippen LogP contribution in [0.15, 0.2) is 78.0 Å². The van der Waals surface area contributed by atoms with Crippen LogP contribution in [0.1, 0.15) is 59.7 Å². The SMILES string of the molecule is C/C=C/Cl.C/C=C\CC.C=CCC(/C=C/C)Sc1nnc(CCC)n1-c1cccc(NC)c1.O=CCO. The van der Waals surface area contributed by atoms with E-state index in [1.807, 2.05) is 33.9 Å². The molecule has 0 spiro atoms. The smallest absolute Gasteiger partial charge is 0.196 e. The summed E-state index contributed by atoms with van der Waals surface area (Å²) >= 11 is 6.74. The van der Waals surface area contributed by atoms with Crippen LogP contribution in [-0.2, 0) is 11.2 Å². The first-order valence-electron chi connectivity index (χ1n) is 12.5. The molecular weight excluding hydrogens is 504 g/mol. The Balaban J connectivity index is 0. The lowest BCUT2D eigenvalue weighted by atomic mass is 10.2. The van der Waals surface area contributed by atoms with Crippen molar-refractivity contribution in [2.75, 3.05) is 19.0 Å². The van der Waals surface area contributed by atoms with Crippen molar-refractivity contribution in [2.24, 2.45) is 0 Å². The van der Waals surface area contributed by atoms with Gasteiger partial charge in [0.1, 0.15) is 12.1 Å². The highest BCUT2D eigenvalue weighted by Gasteiger charge is 2.17. The molecule has 0 radical (unpaired) electrons. The van der Waals surface area contributed by atoms with Crippen molar-refractivity contribution in [1.82, 2.24) is 14.8 Å². The third-order valence-electron chi connectivity index (χ3n) is 4.30. The first-order valence-corrected chi connectivity index (χ1v) is 13.8. The van der Waals surface area contributed by atoms with Gasteiger partial charge in [0.2, 0.25) is 0 Å². The second-order valence-corrected chi connectivity index (χ2v) is 8.74. The summed E-state index contributed by atoms with van der Waals surface area (Å²) in [5, 5.41) is 20.8. The molecular formula is C29H45ClN4O2S. The number of anilines is 1. The molecule has 1 heterocycles. The Labute approximate surface area is 233 Å². The van der Waals surface area contributed by atoms with Crippen LogP contribution in [0.4, 0.5) is 5.69 Å². The summed E-state index contributed by atoms with van der Waals surface area (Å²) in [6, 6.07) is 8.34. The Hall–Kier alpha value is -2.61. The van der Waals surface area contributed by atoms with Gasteiger partial charge in [0.25, 0.3) is 0 Å². The van der Waals surface area contributed by atoms with Gasteiger partial charge in [-0.2, -0.15) is 0 Å². The summed E-state index contributed by atoms with van der Waals surface area (Å²) in [5.74, 6) is 1.01. The number of benzene rings is 1. The van der Waals surface area contributed by atoms with E-state index in [-0.39, 0.29) is 6.61 Å². The number of rotatable bonds is 11. The number of carbonyl (C=O) groups is 1. The minimum atomic E-state index is -0.361. The zero-order valence-electron chi connectivity index (χ0n) is 23.2. The lowest BCUT2D eigenvalue weighted by Gasteiger charge is -2.14. The van der Waals surface area contributed by atoms with E-state index >= 15 is 0 Å². The molecule has 206 valence electrons. The van der Waals surface area contributed by atoms with Crippen molar-refractivity contribution in [3.63, 3.8) is 0 Å². The molecule has 0 saturated carbocycles. The molecule has 2 aromatic rings. The molecule has 0 saturated heterocycles. The first kappa shape index (κ1) is 36.5. The molecule has 0 aliphatic rings. The zero-order chi connectivity index (χ0) is 28.3. The van der Waals surface area contributed by atoms with Gasteiger partial charge in [0.15, 0.2) is 5.16 Å². The molecule has 1 atom stereocenters. The van der Waals surface area contributed by atoms with E-state index in [1.54, 1.807) is 17.8 Å². The van der Waals surface area contributed by atoms with Crippen molar-refractivity contribution in [1.29, 1.82) is 0 Å². The largest absolute Gasteiger partial charge is 0.389 e. The van der Waals surface area contributed by atoms with E-state index in [0.717, 1.165) is 48.0 Å². The Morgan fingerprint density at radius 3 is 2.30 bits per heavy atom. The molecule has 1 aromatic carbocycles. The number of halogens is 1. The van der Waals surface area contributed by atoms with Crippen LogP contribution < -0.4 is 5.32 Å². The summed E-state index contributed by atoms with van der Waals surface area (Å²) < 4.78 is 2.18. The zero-order valence-corrected chi connectivity index (χ0v) is 24.8. The second kappa shape index (κ2) is 26.5. The van der Waals surface area contributed by atoms with Crippen molar-refractivity contribution >= 4 is 35.3 Å². The van der Waals surface area contributed by atoms with Gasteiger partial charge in [-0.1, -0.05) is 79.7 Å². The number of allylic oxidation sites excluding steroid dienone is 5. The lowest BCUT2D eigenvalue weighted by molar-refractivity contribution is -0.110. The van der Waals surface area contributed by atoms with Gasteiger partial charge in [-0.3, -0.25) is 4.57 Å². The van der Waals surface area contributed by atoms with Crippen molar-refractivity contribution in [3.8, 4) is 5.69 Å². The maximum atomic E-state index is 8.92. The number of aliphatic hydroxyl groups excluding tert-OH is 1. The molecule has 8 heteroatoms. The summed E-state index contributed by atoms with van der Waals surface area (Å²) in [6.45, 7) is 13.7. The number of aromatic nitrogens is 3. The van der Waals surface area contributed by atoms with E-state index in [9.17, 15) is 0 Å². The summed E-state index contributed by atoms with van der Waals surface area (Å²) in [5.41, 5.74) is 3.64. The predicted octanol–water partition coefficient (Wildman–Crippen LogP) is 7.78. The van der Waals surface area contributed by atoms with Crippen LogP contribution in [0.3, 0.4) is 0 Å². The highest BCUT2D eigenvalue weighted by Crippen LogP contribution is 2.29. The van der Waals surface area contributed by atoms with Gasteiger partial charge in [-0.15, -0.1) is 16.8 Å². The fourth-order valence-electron chi connectivity index (χ4n) is 2.74. The second-order valence-electron chi connectivity index (χ2n) is 7.28. The molecule has 2 rings (SSSR count). The normalized spacial score (nSPS) is 11.1. The van der Waals surface area contributed by atoms with Crippen LogP contribution in [-0.4, -0.2) is 45.1 Å². The van der Waals surface area contributed by atoms with Crippen molar-refractivity contribution < 1.29 is 9.90 Å². The Morgan fingerprint density at radius 1 is 1.19 bits per heavy atom. The topological polar surface area (TPSA) is 80.0 Å². The average molecular weight is 549 g/mol.